The number of amides is 2. The first-order chi connectivity index (χ1) is 21.0. The van der Waals surface area contributed by atoms with Crippen molar-refractivity contribution in [2.45, 2.75) is 33.0 Å². The number of phenolic OH excluding ortho intramolecular Hbond substituents is 1. The van der Waals surface area contributed by atoms with Crippen LogP contribution in [-0.2, 0) is 17.9 Å². The topological polar surface area (TPSA) is 196 Å². The molecule has 228 valence electrons. The van der Waals surface area contributed by atoms with Gasteiger partial charge >= 0.3 is 6.09 Å². The van der Waals surface area contributed by atoms with Gasteiger partial charge in [-0.05, 0) is 55.8 Å². The molecular formula is C31H33N7O6. The van der Waals surface area contributed by atoms with Crippen LogP contribution in [0.1, 0.15) is 25.0 Å². The normalized spacial score (nSPS) is 11.2. The van der Waals surface area contributed by atoms with Crippen molar-refractivity contribution < 1.29 is 24.2 Å². The summed E-state index contributed by atoms with van der Waals surface area (Å²) in [5, 5.41) is 15.8. The van der Waals surface area contributed by atoms with Crippen LogP contribution < -0.4 is 37.1 Å². The molecule has 13 nitrogen and oxygen atoms in total. The predicted octanol–water partition coefficient (Wildman–Crippen LogP) is 3.25. The molecule has 4 rings (SSSR count). The van der Waals surface area contributed by atoms with E-state index in [0.29, 0.717) is 22.6 Å². The Morgan fingerprint density at radius 3 is 2.36 bits per heavy atom. The maximum absolute atomic E-state index is 13.3. The second-order valence-electron chi connectivity index (χ2n) is 10.0. The molecule has 0 fully saturated rings. The number of carbonyl (C=O) groups is 2. The number of hydrogen-bond acceptors (Lipinski definition) is 9. The van der Waals surface area contributed by atoms with Crippen molar-refractivity contribution >= 4 is 29.3 Å². The fourth-order valence-electron chi connectivity index (χ4n) is 4.15. The number of aromatic nitrogens is 2. The average Bonchev–Trinajstić information content (AvgIpc) is 2.98. The molecule has 0 aliphatic rings. The van der Waals surface area contributed by atoms with Gasteiger partial charge in [0.05, 0.1) is 19.0 Å². The largest absolute Gasteiger partial charge is 0.508 e. The monoisotopic (exact) mass is 599 g/mol. The number of ether oxygens (including phenoxy) is 2. The number of benzene rings is 3. The molecule has 2 amide bonds. The Balaban J connectivity index is 1.43. The van der Waals surface area contributed by atoms with Gasteiger partial charge in [0.2, 0.25) is 5.91 Å². The number of anilines is 2. The smallest absolute Gasteiger partial charge is 0.441 e. The first-order valence-corrected chi connectivity index (χ1v) is 13.5. The van der Waals surface area contributed by atoms with Crippen molar-refractivity contribution in [1.29, 1.82) is 0 Å². The van der Waals surface area contributed by atoms with Gasteiger partial charge in [-0.2, -0.15) is 4.99 Å². The molecule has 0 radical (unpaired) electrons. The molecule has 0 bridgehead atoms. The minimum atomic E-state index is -0.880. The molecule has 4 aromatic rings. The molecule has 0 aliphatic heterocycles. The molecule has 44 heavy (non-hydrogen) atoms. The summed E-state index contributed by atoms with van der Waals surface area (Å²) >= 11 is 0. The first-order valence-electron chi connectivity index (χ1n) is 13.5. The molecule has 1 heterocycles. The fraction of sp³-hybridized carbons (Fsp3) is 0.194. The molecule has 13 heteroatoms. The van der Waals surface area contributed by atoms with Crippen LogP contribution in [-0.4, -0.2) is 45.6 Å². The highest BCUT2D eigenvalue weighted by Crippen LogP contribution is 2.26. The molecule has 0 saturated heterocycles. The van der Waals surface area contributed by atoms with Gasteiger partial charge in [0.1, 0.15) is 29.6 Å². The highest BCUT2D eigenvalue weighted by molar-refractivity contribution is 6.03. The van der Waals surface area contributed by atoms with Crippen molar-refractivity contribution in [3.8, 4) is 28.5 Å². The summed E-state index contributed by atoms with van der Waals surface area (Å²) in [4.78, 5) is 46.5. The molecular weight excluding hydrogens is 566 g/mol. The Kier molecular flexibility index (Phi) is 9.81. The lowest BCUT2D eigenvalue weighted by Gasteiger charge is -2.16. The highest BCUT2D eigenvalue weighted by atomic mass is 16.5. The summed E-state index contributed by atoms with van der Waals surface area (Å²) < 4.78 is 11.5. The van der Waals surface area contributed by atoms with E-state index in [4.69, 9.17) is 20.9 Å². The van der Waals surface area contributed by atoms with E-state index in [2.05, 4.69) is 20.6 Å². The van der Waals surface area contributed by atoms with E-state index in [-0.39, 0.29) is 48.0 Å². The van der Waals surface area contributed by atoms with Crippen LogP contribution in [0.5, 0.6) is 17.2 Å². The molecule has 1 aromatic heterocycles. The van der Waals surface area contributed by atoms with Gasteiger partial charge in [-0.15, -0.1) is 0 Å². The van der Waals surface area contributed by atoms with Gasteiger partial charge in [0.25, 0.3) is 5.56 Å². The Morgan fingerprint density at radius 2 is 1.73 bits per heavy atom. The highest BCUT2D eigenvalue weighted by Gasteiger charge is 2.17. The van der Waals surface area contributed by atoms with Gasteiger partial charge in [-0.3, -0.25) is 14.2 Å². The van der Waals surface area contributed by atoms with Gasteiger partial charge in [0.15, 0.2) is 5.82 Å². The van der Waals surface area contributed by atoms with E-state index < -0.39 is 17.6 Å². The number of phenols is 1. The number of nitrogens with two attached hydrogens (primary N) is 2. The van der Waals surface area contributed by atoms with Gasteiger partial charge < -0.3 is 36.7 Å². The lowest BCUT2D eigenvalue weighted by molar-refractivity contribution is -0.121. The van der Waals surface area contributed by atoms with Crippen molar-refractivity contribution in [2.75, 3.05) is 18.2 Å². The zero-order valence-electron chi connectivity index (χ0n) is 24.4. The number of amidine groups is 1. The second kappa shape index (κ2) is 13.9. The number of nitrogens with zero attached hydrogens (tertiary/aromatic N) is 3. The summed E-state index contributed by atoms with van der Waals surface area (Å²) in [5.74, 6) is 0.436. The number of aromatic hydroxyl groups is 1. The number of nitrogen functional groups attached to an aromatic ring is 1. The number of methoxy groups -OCH3 is 1. The number of nitrogens with one attached hydrogen (secondary N) is 2. The Hall–Kier alpha value is -5.85. The summed E-state index contributed by atoms with van der Waals surface area (Å²) in [6, 6.07) is 17.5. The van der Waals surface area contributed by atoms with Crippen molar-refractivity contribution in [1.82, 2.24) is 14.9 Å². The van der Waals surface area contributed by atoms with Crippen LogP contribution in [0.4, 0.5) is 16.3 Å². The molecule has 0 spiro atoms. The van der Waals surface area contributed by atoms with E-state index in [1.165, 1.54) is 30.0 Å². The zero-order valence-corrected chi connectivity index (χ0v) is 24.4. The van der Waals surface area contributed by atoms with E-state index >= 15 is 0 Å². The minimum Gasteiger partial charge on any atom is -0.508 e. The molecule has 0 aliphatic carbocycles. The van der Waals surface area contributed by atoms with Crippen LogP contribution in [0.2, 0.25) is 0 Å². The third-order valence-electron chi connectivity index (χ3n) is 6.23. The number of carbonyl (C=O) groups excluding carboxylic acids is 2. The molecule has 0 saturated carbocycles. The van der Waals surface area contributed by atoms with Crippen molar-refractivity contribution in [3.63, 3.8) is 0 Å². The zero-order chi connectivity index (χ0) is 31.8. The molecule has 0 unspecified atom stereocenters. The quantitative estimate of drug-likeness (QED) is 0.102. The van der Waals surface area contributed by atoms with Crippen LogP contribution in [0, 0.1) is 0 Å². The fourth-order valence-corrected chi connectivity index (χ4v) is 4.15. The number of rotatable bonds is 10. The average molecular weight is 600 g/mol. The van der Waals surface area contributed by atoms with E-state index in [1.807, 2.05) is 13.8 Å². The molecule has 0 atom stereocenters. The Labute approximate surface area is 253 Å². The van der Waals surface area contributed by atoms with Crippen LogP contribution in [0.15, 0.2) is 82.7 Å². The van der Waals surface area contributed by atoms with Gasteiger partial charge in [0, 0.05) is 35.5 Å². The minimum absolute atomic E-state index is 0.0397. The third kappa shape index (κ3) is 8.12. The third-order valence-corrected chi connectivity index (χ3v) is 6.23. The first kappa shape index (κ1) is 31.1. The Morgan fingerprint density at radius 1 is 1.05 bits per heavy atom. The van der Waals surface area contributed by atoms with Crippen molar-refractivity contribution in [2.24, 2.45) is 10.7 Å². The van der Waals surface area contributed by atoms with E-state index in [1.54, 1.807) is 54.6 Å². The van der Waals surface area contributed by atoms with Gasteiger partial charge in [-0.1, -0.05) is 24.3 Å². The standard InChI is InChI=1S/C31H33N7O6/c1-18(2)36-29-30(41)38(26(16-35-29)21-12-22(32)14-23(39)13-21)17-27(40)34-15-19-4-6-20(7-5-19)28(33)37-31(42)44-25-10-8-24(43-3)9-11-25/h4-14,16,18,39H,15,17,32H2,1-3H3,(H,34,40)(H,35,36)(H2,33,37,42). The molecule has 7 N–H and O–H groups in total. The lowest BCUT2D eigenvalue weighted by atomic mass is 10.1. The predicted molar refractivity (Wildman–Crippen MR) is 167 cm³/mol. The van der Waals surface area contributed by atoms with E-state index in [9.17, 15) is 19.5 Å². The summed E-state index contributed by atoms with van der Waals surface area (Å²) in [7, 11) is 1.53. The Bertz CT molecular complexity index is 1710. The maximum Gasteiger partial charge on any atom is 0.441 e. The maximum atomic E-state index is 13.3. The van der Waals surface area contributed by atoms with Crippen LogP contribution in [0.3, 0.4) is 0 Å². The second-order valence-corrected chi connectivity index (χ2v) is 10.0. The number of aliphatic imine (C=N–C) groups is 1. The number of hydrogen-bond donors (Lipinski definition) is 5. The summed E-state index contributed by atoms with van der Waals surface area (Å²) in [6.45, 7) is 3.57. The summed E-state index contributed by atoms with van der Waals surface area (Å²) in [6.07, 6.45) is 0.570. The molecule has 3 aromatic carbocycles. The summed E-state index contributed by atoms with van der Waals surface area (Å²) in [5.41, 5.74) is 13.6. The lowest BCUT2D eigenvalue weighted by Crippen LogP contribution is -2.35. The van der Waals surface area contributed by atoms with Crippen LogP contribution in [0.25, 0.3) is 11.3 Å². The SMILES string of the molecule is COc1ccc(OC(=O)/N=C(\N)c2ccc(CNC(=O)Cn3c(-c4cc(N)cc(O)c4)cnc(NC(C)C)c3=O)cc2)cc1. The van der Waals surface area contributed by atoms with E-state index in [0.717, 1.165) is 5.56 Å². The van der Waals surface area contributed by atoms with Crippen molar-refractivity contribution in [3.05, 3.63) is 94.4 Å². The van der Waals surface area contributed by atoms with Crippen LogP contribution >= 0.6 is 0 Å². The van der Waals surface area contributed by atoms with Gasteiger partial charge in [-0.25, -0.2) is 9.78 Å².